The Morgan fingerprint density at radius 2 is 2.25 bits per heavy atom. The maximum absolute atomic E-state index is 11.9. The highest BCUT2D eigenvalue weighted by molar-refractivity contribution is 7.09. The summed E-state index contributed by atoms with van der Waals surface area (Å²) in [5.41, 5.74) is -0.109. The van der Waals surface area contributed by atoms with Crippen LogP contribution in [0.3, 0.4) is 0 Å². The van der Waals surface area contributed by atoms with Crippen molar-refractivity contribution in [2.24, 2.45) is 0 Å². The van der Waals surface area contributed by atoms with Gasteiger partial charge in [0.25, 0.3) is 11.6 Å². The van der Waals surface area contributed by atoms with E-state index in [1.807, 2.05) is 0 Å². The molecule has 2 rings (SSSR count). The third-order valence-corrected chi connectivity index (χ3v) is 3.11. The van der Waals surface area contributed by atoms with Crippen molar-refractivity contribution >= 4 is 45.5 Å². The summed E-state index contributed by atoms with van der Waals surface area (Å²) in [7, 11) is 1.50. The molecule has 2 N–H and O–H groups in total. The number of nitro groups is 1. The second kappa shape index (κ2) is 5.75. The monoisotopic (exact) mass is 314 g/mol. The van der Waals surface area contributed by atoms with Crippen molar-refractivity contribution in [2.75, 3.05) is 17.7 Å². The van der Waals surface area contributed by atoms with Gasteiger partial charge in [-0.15, -0.1) is 0 Å². The maximum Gasteiger partial charge on any atom is 0.294 e. The Kier molecular flexibility index (Phi) is 4.05. The van der Waals surface area contributed by atoms with Crippen molar-refractivity contribution in [3.8, 4) is 0 Å². The Morgan fingerprint density at radius 1 is 1.50 bits per heavy atom. The number of carbonyl (C=O) groups is 1. The van der Waals surface area contributed by atoms with Crippen LogP contribution in [0.25, 0.3) is 0 Å². The third kappa shape index (κ3) is 2.81. The minimum absolute atomic E-state index is 0.0379. The Morgan fingerprint density at radius 3 is 2.80 bits per heavy atom. The maximum atomic E-state index is 11.9. The van der Waals surface area contributed by atoms with Crippen molar-refractivity contribution in [3.63, 3.8) is 0 Å². The van der Waals surface area contributed by atoms with E-state index in [0.29, 0.717) is 0 Å². The molecule has 0 atom stereocenters. The molecule has 0 aliphatic rings. The standard InChI is InChI=1S/C9H7ClN6O3S/c1-11-7-5(10)2-4(3-6(7)16(18)19)8(17)12-9-13-14-15-20-9/h2-3,11H,1H3,(H,12,13,15,17). The summed E-state index contributed by atoms with van der Waals surface area (Å²) >= 11 is 6.80. The number of benzene rings is 1. The molecule has 1 aromatic heterocycles. The molecular formula is C9H7ClN6O3S. The zero-order valence-electron chi connectivity index (χ0n) is 9.95. The van der Waals surface area contributed by atoms with Crippen LogP contribution in [-0.2, 0) is 0 Å². The Bertz CT molecular complexity index is 662. The first-order valence-corrected chi connectivity index (χ1v) is 6.30. The molecule has 1 amide bonds. The minimum Gasteiger partial charge on any atom is -0.381 e. The number of hydrogen-bond acceptors (Lipinski definition) is 8. The van der Waals surface area contributed by atoms with Crippen molar-refractivity contribution < 1.29 is 9.72 Å². The first kappa shape index (κ1) is 14.1. The average molecular weight is 315 g/mol. The van der Waals surface area contributed by atoms with Crippen LogP contribution in [0, 0.1) is 10.1 Å². The molecule has 2 aromatic rings. The summed E-state index contributed by atoms with van der Waals surface area (Å²) in [4.78, 5) is 22.3. The SMILES string of the molecule is CNc1c(Cl)cc(C(=O)Nc2nnns2)cc1[N+](=O)[O-]. The van der Waals surface area contributed by atoms with E-state index < -0.39 is 10.8 Å². The van der Waals surface area contributed by atoms with Gasteiger partial charge in [-0.05, 0) is 11.3 Å². The van der Waals surface area contributed by atoms with Crippen LogP contribution in [0.15, 0.2) is 12.1 Å². The van der Waals surface area contributed by atoms with Gasteiger partial charge in [-0.2, -0.15) is 0 Å². The number of hydrogen-bond donors (Lipinski definition) is 2. The Balaban J connectivity index is 2.37. The van der Waals surface area contributed by atoms with E-state index in [9.17, 15) is 14.9 Å². The summed E-state index contributed by atoms with van der Waals surface area (Å²) in [5.74, 6) is -0.587. The molecule has 1 heterocycles. The van der Waals surface area contributed by atoms with Gasteiger partial charge in [0, 0.05) is 30.2 Å². The molecule has 20 heavy (non-hydrogen) atoms. The molecule has 0 aliphatic heterocycles. The fourth-order valence-corrected chi connectivity index (χ4v) is 2.14. The summed E-state index contributed by atoms with van der Waals surface area (Å²) in [5, 5.41) is 23.1. The highest BCUT2D eigenvalue weighted by atomic mass is 35.5. The number of halogens is 1. The lowest BCUT2D eigenvalue weighted by molar-refractivity contribution is -0.383. The van der Waals surface area contributed by atoms with Crippen molar-refractivity contribution in [1.29, 1.82) is 0 Å². The summed E-state index contributed by atoms with van der Waals surface area (Å²) in [6.45, 7) is 0. The van der Waals surface area contributed by atoms with Gasteiger partial charge in [0.1, 0.15) is 5.69 Å². The quantitative estimate of drug-likeness (QED) is 0.651. The summed E-state index contributed by atoms with van der Waals surface area (Å²) in [6.07, 6.45) is 0. The first-order chi connectivity index (χ1) is 9.52. The first-order valence-electron chi connectivity index (χ1n) is 5.15. The van der Waals surface area contributed by atoms with Crippen molar-refractivity contribution in [2.45, 2.75) is 0 Å². The second-order valence-electron chi connectivity index (χ2n) is 3.48. The molecule has 0 bridgehead atoms. The van der Waals surface area contributed by atoms with Crippen LogP contribution in [0.1, 0.15) is 10.4 Å². The third-order valence-electron chi connectivity index (χ3n) is 2.30. The number of anilines is 2. The molecule has 0 spiro atoms. The smallest absolute Gasteiger partial charge is 0.294 e. The molecule has 0 unspecified atom stereocenters. The number of rotatable bonds is 4. The topological polar surface area (TPSA) is 123 Å². The zero-order valence-corrected chi connectivity index (χ0v) is 11.5. The van der Waals surface area contributed by atoms with Crippen LogP contribution >= 0.6 is 23.1 Å². The molecule has 0 aliphatic carbocycles. The van der Waals surface area contributed by atoms with Crippen molar-refractivity contribution in [3.05, 3.63) is 32.8 Å². The second-order valence-corrected chi connectivity index (χ2v) is 4.62. The van der Waals surface area contributed by atoms with E-state index in [2.05, 4.69) is 25.4 Å². The Labute approximate surface area is 121 Å². The van der Waals surface area contributed by atoms with Crippen LogP contribution in [0.4, 0.5) is 16.5 Å². The van der Waals surface area contributed by atoms with Gasteiger partial charge in [0.05, 0.1) is 9.95 Å². The highest BCUT2D eigenvalue weighted by Crippen LogP contribution is 2.33. The number of nitrogens with zero attached hydrogens (tertiary/aromatic N) is 4. The molecule has 1 aromatic carbocycles. The molecule has 104 valence electrons. The normalized spacial score (nSPS) is 10.1. The molecule has 11 heteroatoms. The van der Waals surface area contributed by atoms with E-state index >= 15 is 0 Å². The van der Waals surface area contributed by atoms with E-state index in [4.69, 9.17) is 11.6 Å². The van der Waals surface area contributed by atoms with Gasteiger partial charge >= 0.3 is 0 Å². The fourth-order valence-electron chi connectivity index (χ4n) is 1.47. The average Bonchev–Trinajstić information content (AvgIpc) is 2.90. The van der Waals surface area contributed by atoms with E-state index in [1.165, 1.54) is 13.1 Å². The lowest BCUT2D eigenvalue weighted by Gasteiger charge is -2.07. The van der Waals surface area contributed by atoms with Gasteiger partial charge in [-0.25, -0.2) is 0 Å². The highest BCUT2D eigenvalue weighted by Gasteiger charge is 2.21. The van der Waals surface area contributed by atoms with E-state index in [1.54, 1.807) is 0 Å². The Hall–Kier alpha value is -2.33. The van der Waals surface area contributed by atoms with Gasteiger partial charge in [0.2, 0.25) is 5.13 Å². The van der Waals surface area contributed by atoms with Gasteiger partial charge in [-0.3, -0.25) is 20.2 Å². The molecule has 0 fully saturated rings. The number of nitrogens with one attached hydrogen (secondary N) is 2. The summed E-state index contributed by atoms with van der Waals surface area (Å²) < 4.78 is 3.48. The van der Waals surface area contributed by atoms with Crippen LogP contribution in [-0.4, -0.2) is 32.7 Å². The van der Waals surface area contributed by atoms with E-state index in [0.717, 1.165) is 17.6 Å². The van der Waals surface area contributed by atoms with Crippen LogP contribution in [0.2, 0.25) is 5.02 Å². The zero-order chi connectivity index (χ0) is 14.7. The lowest BCUT2D eigenvalue weighted by atomic mass is 10.1. The summed E-state index contributed by atoms with van der Waals surface area (Å²) in [6, 6.07) is 2.45. The molecular weight excluding hydrogens is 308 g/mol. The number of carbonyl (C=O) groups excluding carboxylic acids is 1. The predicted molar refractivity (Wildman–Crippen MR) is 73.3 cm³/mol. The lowest BCUT2D eigenvalue weighted by Crippen LogP contribution is -2.12. The van der Waals surface area contributed by atoms with Gasteiger partial charge < -0.3 is 5.32 Å². The largest absolute Gasteiger partial charge is 0.381 e. The van der Waals surface area contributed by atoms with Crippen molar-refractivity contribution in [1.82, 2.24) is 14.8 Å². The predicted octanol–water partition coefficient (Wildman–Crippen LogP) is 1.79. The number of aromatic nitrogens is 3. The fraction of sp³-hybridized carbons (Fsp3) is 0.111. The molecule has 9 nitrogen and oxygen atoms in total. The number of nitro benzene ring substituents is 1. The van der Waals surface area contributed by atoms with Crippen LogP contribution in [0.5, 0.6) is 0 Å². The van der Waals surface area contributed by atoms with Gasteiger partial charge in [0.15, 0.2) is 0 Å². The van der Waals surface area contributed by atoms with Gasteiger partial charge in [-0.1, -0.05) is 21.2 Å². The molecule has 0 saturated carbocycles. The van der Waals surface area contributed by atoms with Crippen LogP contribution < -0.4 is 10.6 Å². The number of amides is 1. The molecule has 0 radical (unpaired) electrons. The molecule has 0 saturated heterocycles. The van der Waals surface area contributed by atoms with E-state index in [-0.39, 0.29) is 27.1 Å². The minimum atomic E-state index is -0.624.